The number of hydrogen-bond donors (Lipinski definition) is 1. The van der Waals surface area contributed by atoms with E-state index in [-0.39, 0.29) is 5.91 Å². The van der Waals surface area contributed by atoms with E-state index >= 15 is 0 Å². The summed E-state index contributed by atoms with van der Waals surface area (Å²) >= 11 is 0. The van der Waals surface area contributed by atoms with Gasteiger partial charge in [0.1, 0.15) is 5.58 Å². The summed E-state index contributed by atoms with van der Waals surface area (Å²) in [6, 6.07) is 7.75. The molecule has 114 valence electrons. The van der Waals surface area contributed by atoms with Crippen molar-refractivity contribution < 1.29 is 9.21 Å². The van der Waals surface area contributed by atoms with Crippen molar-refractivity contribution in [3.63, 3.8) is 0 Å². The third-order valence-electron chi connectivity index (χ3n) is 4.26. The first-order valence-electron chi connectivity index (χ1n) is 7.68. The number of nitrogens with one attached hydrogen (secondary N) is 1. The number of para-hydroxylation sites is 1. The topological polar surface area (TPSA) is 42.2 Å². The molecule has 0 saturated carbocycles. The SMILES string of the molecule is Cc1c(C(=O)NCC(C(C)C)C(C)C)oc2ccccc12. The van der Waals surface area contributed by atoms with Gasteiger partial charge in [0.25, 0.3) is 5.91 Å². The molecule has 0 spiro atoms. The third-order valence-corrected chi connectivity index (χ3v) is 4.26. The van der Waals surface area contributed by atoms with Gasteiger partial charge in [0, 0.05) is 17.5 Å². The highest BCUT2D eigenvalue weighted by Crippen LogP contribution is 2.25. The van der Waals surface area contributed by atoms with Crippen LogP contribution in [0.25, 0.3) is 11.0 Å². The number of carbonyl (C=O) groups excluding carboxylic acids is 1. The standard InChI is InChI=1S/C18H25NO2/c1-11(2)15(12(3)4)10-19-18(20)17-13(5)14-8-6-7-9-16(14)21-17/h6-9,11-12,15H,10H2,1-5H3,(H,19,20). The predicted molar refractivity (Wildman–Crippen MR) is 86.5 cm³/mol. The number of rotatable bonds is 5. The van der Waals surface area contributed by atoms with Crippen molar-refractivity contribution in [1.29, 1.82) is 0 Å². The van der Waals surface area contributed by atoms with Crippen LogP contribution in [-0.2, 0) is 0 Å². The van der Waals surface area contributed by atoms with Crippen molar-refractivity contribution in [3.05, 3.63) is 35.6 Å². The Labute approximate surface area is 126 Å². The lowest BCUT2D eigenvalue weighted by molar-refractivity contribution is 0.0910. The van der Waals surface area contributed by atoms with Crippen LogP contribution in [0.2, 0.25) is 0 Å². The fraction of sp³-hybridized carbons (Fsp3) is 0.500. The monoisotopic (exact) mass is 287 g/mol. The summed E-state index contributed by atoms with van der Waals surface area (Å²) in [7, 11) is 0. The molecular weight excluding hydrogens is 262 g/mol. The Hall–Kier alpha value is -1.77. The number of amides is 1. The highest BCUT2D eigenvalue weighted by Gasteiger charge is 2.21. The van der Waals surface area contributed by atoms with Gasteiger partial charge in [0.05, 0.1) is 0 Å². The first kappa shape index (κ1) is 15.6. The molecule has 1 N–H and O–H groups in total. The van der Waals surface area contributed by atoms with Crippen molar-refractivity contribution in [1.82, 2.24) is 5.32 Å². The summed E-state index contributed by atoms with van der Waals surface area (Å²) < 4.78 is 5.70. The van der Waals surface area contributed by atoms with Gasteiger partial charge in [-0.1, -0.05) is 45.9 Å². The van der Waals surface area contributed by atoms with Gasteiger partial charge >= 0.3 is 0 Å². The lowest BCUT2D eigenvalue weighted by Gasteiger charge is -2.24. The molecule has 1 aromatic heterocycles. The van der Waals surface area contributed by atoms with Crippen molar-refractivity contribution in [2.75, 3.05) is 6.54 Å². The summed E-state index contributed by atoms with van der Waals surface area (Å²) in [6.07, 6.45) is 0. The van der Waals surface area contributed by atoms with Gasteiger partial charge in [0.15, 0.2) is 5.76 Å². The molecule has 0 saturated heterocycles. The molecule has 0 aliphatic carbocycles. The molecule has 0 bridgehead atoms. The van der Waals surface area contributed by atoms with Gasteiger partial charge in [-0.05, 0) is 30.7 Å². The molecule has 1 aromatic carbocycles. The Balaban J connectivity index is 2.14. The molecule has 2 aromatic rings. The van der Waals surface area contributed by atoms with E-state index in [1.54, 1.807) is 0 Å². The molecule has 0 aliphatic heterocycles. The highest BCUT2D eigenvalue weighted by atomic mass is 16.3. The van der Waals surface area contributed by atoms with E-state index in [1.807, 2.05) is 31.2 Å². The van der Waals surface area contributed by atoms with E-state index in [4.69, 9.17) is 4.42 Å². The minimum Gasteiger partial charge on any atom is -0.451 e. The minimum absolute atomic E-state index is 0.116. The zero-order valence-electron chi connectivity index (χ0n) is 13.6. The average Bonchev–Trinajstić information content (AvgIpc) is 2.76. The van der Waals surface area contributed by atoms with Crippen molar-refractivity contribution in [3.8, 4) is 0 Å². The number of fused-ring (bicyclic) bond motifs is 1. The van der Waals surface area contributed by atoms with Crippen molar-refractivity contribution >= 4 is 16.9 Å². The van der Waals surface area contributed by atoms with Crippen LogP contribution >= 0.6 is 0 Å². The van der Waals surface area contributed by atoms with E-state index in [1.165, 1.54) is 0 Å². The smallest absolute Gasteiger partial charge is 0.287 e. The molecule has 0 fully saturated rings. The van der Waals surface area contributed by atoms with E-state index in [0.29, 0.717) is 30.1 Å². The lowest BCUT2D eigenvalue weighted by atomic mass is 9.85. The van der Waals surface area contributed by atoms with Crippen LogP contribution in [-0.4, -0.2) is 12.5 Å². The van der Waals surface area contributed by atoms with Crippen LogP contribution in [0.15, 0.2) is 28.7 Å². The number of carbonyl (C=O) groups is 1. The molecule has 0 aliphatic rings. The maximum Gasteiger partial charge on any atom is 0.287 e. The molecule has 0 atom stereocenters. The summed E-state index contributed by atoms with van der Waals surface area (Å²) in [5, 5.41) is 4.04. The Morgan fingerprint density at radius 1 is 1.14 bits per heavy atom. The first-order valence-corrected chi connectivity index (χ1v) is 7.68. The van der Waals surface area contributed by atoms with Crippen LogP contribution in [0, 0.1) is 24.7 Å². The van der Waals surface area contributed by atoms with Gasteiger partial charge < -0.3 is 9.73 Å². The summed E-state index contributed by atoms with van der Waals surface area (Å²) in [6.45, 7) is 11.4. The minimum atomic E-state index is -0.116. The Morgan fingerprint density at radius 2 is 1.76 bits per heavy atom. The molecule has 21 heavy (non-hydrogen) atoms. The summed E-state index contributed by atoms with van der Waals surface area (Å²) in [5.74, 6) is 1.88. The maximum atomic E-state index is 12.4. The molecular formula is C18H25NO2. The van der Waals surface area contributed by atoms with E-state index < -0.39 is 0 Å². The van der Waals surface area contributed by atoms with E-state index in [2.05, 4.69) is 33.0 Å². The van der Waals surface area contributed by atoms with Crippen LogP contribution in [0.5, 0.6) is 0 Å². The quantitative estimate of drug-likeness (QED) is 0.885. The number of aryl methyl sites for hydroxylation is 1. The molecule has 0 radical (unpaired) electrons. The number of hydrogen-bond acceptors (Lipinski definition) is 2. The van der Waals surface area contributed by atoms with Gasteiger partial charge in [0.2, 0.25) is 0 Å². The van der Waals surface area contributed by atoms with Crippen molar-refractivity contribution in [2.24, 2.45) is 17.8 Å². The van der Waals surface area contributed by atoms with Crippen LogP contribution in [0.3, 0.4) is 0 Å². The van der Waals surface area contributed by atoms with Gasteiger partial charge in [-0.2, -0.15) is 0 Å². The maximum absolute atomic E-state index is 12.4. The van der Waals surface area contributed by atoms with Crippen LogP contribution < -0.4 is 5.32 Å². The molecule has 3 heteroatoms. The summed E-state index contributed by atoms with van der Waals surface area (Å²) in [5.41, 5.74) is 1.68. The van der Waals surface area contributed by atoms with Crippen LogP contribution in [0.1, 0.15) is 43.8 Å². The Morgan fingerprint density at radius 3 is 2.33 bits per heavy atom. The molecule has 3 nitrogen and oxygen atoms in total. The molecule has 1 amide bonds. The zero-order chi connectivity index (χ0) is 15.6. The molecule has 0 unspecified atom stereocenters. The zero-order valence-corrected chi connectivity index (χ0v) is 13.6. The Bertz CT molecular complexity index is 617. The van der Waals surface area contributed by atoms with Crippen LogP contribution in [0.4, 0.5) is 0 Å². The van der Waals surface area contributed by atoms with E-state index in [9.17, 15) is 4.79 Å². The highest BCUT2D eigenvalue weighted by molar-refractivity contribution is 5.98. The largest absolute Gasteiger partial charge is 0.451 e. The average molecular weight is 287 g/mol. The lowest BCUT2D eigenvalue weighted by Crippen LogP contribution is -2.34. The second-order valence-electron chi connectivity index (χ2n) is 6.41. The summed E-state index contributed by atoms with van der Waals surface area (Å²) in [4.78, 5) is 12.4. The number of furan rings is 1. The first-order chi connectivity index (χ1) is 9.91. The van der Waals surface area contributed by atoms with Gasteiger partial charge in [-0.3, -0.25) is 4.79 Å². The molecule has 1 heterocycles. The fourth-order valence-corrected chi connectivity index (χ4v) is 2.92. The van der Waals surface area contributed by atoms with Crippen molar-refractivity contribution in [2.45, 2.75) is 34.6 Å². The normalized spacial score (nSPS) is 11.8. The Kier molecular flexibility index (Phi) is 4.71. The fourth-order valence-electron chi connectivity index (χ4n) is 2.92. The van der Waals surface area contributed by atoms with Gasteiger partial charge in [-0.15, -0.1) is 0 Å². The third kappa shape index (κ3) is 3.29. The second-order valence-corrected chi connectivity index (χ2v) is 6.41. The number of benzene rings is 1. The van der Waals surface area contributed by atoms with E-state index in [0.717, 1.165) is 16.5 Å². The van der Waals surface area contributed by atoms with Gasteiger partial charge in [-0.25, -0.2) is 0 Å². The molecule has 2 rings (SSSR count). The predicted octanol–water partition coefficient (Wildman–Crippen LogP) is 4.40. The second kappa shape index (κ2) is 6.33.